The maximum absolute atomic E-state index is 12.6. The van der Waals surface area contributed by atoms with Gasteiger partial charge in [0.2, 0.25) is 6.79 Å². The molecule has 2 aromatic rings. The molecule has 0 spiro atoms. The summed E-state index contributed by atoms with van der Waals surface area (Å²) in [6.45, 7) is -1.97. The molecule has 0 aromatic heterocycles. The first-order valence-electron chi connectivity index (χ1n) is 8.54. The Hall–Kier alpha value is -3.23. The van der Waals surface area contributed by atoms with E-state index in [1.807, 2.05) is 18.2 Å². The molecule has 0 bridgehead atoms. The van der Waals surface area contributed by atoms with Crippen LogP contribution in [0, 0.1) is 0 Å². The average Bonchev–Trinajstić information content (AvgIpc) is 3.16. The van der Waals surface area contributed by atoms with Gasteiger partial charge in [-0.15, -0.1) is 0 Å². The number of guanidine groups is 1. The standard InChI is InChI=1S/C19H21F2N3O4/c1-22-19(23-9-12-3-5-16-17(7-12)27-11-26-16)24-10-13-8-14(25-2)4-6-15(13)28-18(20)21/h3-8,18H,9-11H2,1-2H3,(H2,22,23,24). The van der Waals surface area contributed by atoms with Crippen molar-refractivity contribution in [3.63, 3.8) is 0 Å². The van der Waals surface area contributed by atoms with Gasteiger partial charge in [0.15, 0.2) is 17.5 Å². The van der Waals surface area contributed by atoms with Crippen LogP contribution in [0.5, 0.6) is 23.0 Å². The number of methoxy groups -OCH3 is 1. The summed E-state index contributed by atoms with van der Waals surface area (Å²) >= 11 is 0. The second kappa shape index (κ2) is 9.12. The molecule has 7 nitrogen and oxygen atoms in total. The molecule has 150 valence electrons. The quantitative estimate of drug-likeness (QED) is 0.557. The van der Waals surface area contributed by atoms with Crippen molar-refractivity contribution < 1.29 is 27.7 Å². The predicted molar refractivity (Wildman–Crippen MR) is 99.2 cm³/mol. The number of rotatable bonds is 7. The lowest BCUT2D eigenvalue weighted by Gasteiger charge is -2.15. The van der Waals surface area contributed by atoms with Crippen LogP contribution in [-0.4, -0.2) is 33.5 Å². The van der Waals surface area contributed by atoms with E-state index in [0.29, 0.717) is 29.6 Å². The normalized spacial score (nSPS) is 12.8. The zero-order chi connectivity index (χ0) is 19.9. The summed E-state index contributed by atoms with van der Waals surface area (Å²) < 4.78 is 45.6. The van der Waals surface area contributed by atoms with Crippen molar-refractivity contribution in [2.75, 3.05) is 21.0 Å². The van der Waals surface area contributed by atoms with Gasteiger partial charge >= 0.3 is 6.61 Å². The van der Waals surface area contributed by atoms with E-state index in [-0.39, 0.29) is 19.1 Å². The number of hydrogen-bond donors (Lipinski definition) is 2. The van der Waals surface area contributed by atoms with E-state index in [4.69, 9.17) is 14.2 Å². The monoisotopic (exact) mass is 393 g/mol. The van der Waals surface area contributed by atoms with E-state index >= 15 is 0 Å². The van der Waals surface area contributed by atoms with Crippen LogP contribution in [0.4, 0.5) is 8.78 Å². The summed E-state index contributed by atoms with van der Waals surface area (Å²) in [6, 6.07) is 10.3. The van der Waals surface area contributed by atoms with Gasteiger partial charge in [-0.1, -0.05) is 6.07 Å². The van der Waals surface area contributed by atoms with Gasteiger partial charge < -0.3 is 29.6 Å². The molecule has 0 atom stereocenters. The molecule has 1 aliphatic rings. The van der Waals surface area contributed by atoms with Crippen molar-refractivity contribution in [1.82, 2.24) is 10.6 Å². The van der Waals surface area contributed by atoms with Crippen LogP contribution in [0.25, 0.3) is 0 Å². The highest BCUT2D eigenvalue weighted by atomic mass is 19.3. The summed E-state index contributed by atoms with van der Waals surface area (Å²) in [7, 11) is 3.13. The fourth-order valence-electron chi connectivity index (χ4n) is 2.67. The molecular weight excluding hydrogens is 372 g/mol. The Morgan fingerprint density at radius 1 is 1.11 bits per heavy atom. The lowest BCUT2D eigenvalue weighted by atomic mass is 10.2. The highest BCUT2D eigenvalue weighted by molar-refractivity contribution is 5.79. The number of nitrogens with one attached hydrogen (secondary N) is 2. The largest absolute Gasteiger partial charge is 0.497 e. The second-order valence-corrected chi connectivity index (χ2v) is 5.82. The van der Waals surface area contributed by atoms with E-state index in [1.54, 1.807) is 19.2 Å². The molecule has 28 heavy (non-hydrogen) atoms. The van der Waals surface area contributed by atoms with Crippen LogP contribution >= 0.6 is 0 Å². The Bertz CT molecular complexity index is 846. The van der Waals surface area contributed by atoms with E-state index < -0.39 is 6.61 Å². The lowest BCUT2D eigenvalue weighted by Crippen LogP contribution is -2.36. The Balaban J connectivity index is 1.61. The zero-order valence-electron chi connectivity index (χ0n) is 15.5. The summed E-state index contributed by atoms with van der Waals surface area (Å²) in [6.07, 6.45) is 0. The fraction of sp³-hybridized carbons (Fsp3) is 0.316. The number of ether oxygens (including phenoxy) is 4. The van der Waals surface area contributed by atoms with Crippen LogP contribution in [0.3, 0.4) is 0 Å². The summed E-state index contributed by atoms with van der Waals surface area (Å²) in [5.41, 5.74) is 1.50. The molecule has 2 N–H and O–H groups in total. The Morgan fingerprint density at radius 3 is 2.64 bits per heavy atom. The van der Waals surface area contributed by atoms with Gasteiger partial charge in [0.25, 0.3) is 0 Å². The van der Waals surface area contributed by atoms with E-state index in [1.165, 1.54) is 13.2 Å². The van der Waals surface area contributed by atoms with Gasteiger partial charge in [-0.25, -0.2) is 0 Å². The van der Waals surface area contributed by atoms with Gasteiger partial charge in [0, 0.05) is 25.7 Å². The molecule has 0 amide bonds. The fourth-order valence-corrected chi connectivity index (χ4v) is 2.67. The molecule has 1 heterocycles. The Kier molecular flexibility index (Phi) is 6.36. The van der Waals surface area contributed by atoms with Gasteiger partial charge in [-0.2, -0.15) is 8.78 Å². The maximum atomic E-state index is 12.6. The molecule has 9 heteroatoms. The molecule has 0 unspecified atom stereocenters. The van der Waals surface area contributed by atoms with Crippen LogP contribution in [-0.2, 0) is 13.1 Å². The minimum Gasteiger partial charge on any atom is -0.497 e. The minimum atomic E-state index is -2.91. The van der Waals surface area contributed by atoms with Crippen LogP contribution in [0.1, 0.15) is 11.1 Å². The zero-order valence-corrected chi connectivity index (χ0v) is 15.5. The molecule has 0 saturated heterocycles. The molecule has 2 aromatic carbocycles. The average molecular weight is 393 g/mol. The van der Waals surface area contributed by atoms with E-state index in [2.05, 4.69) is 20.4 Å². The predicted octanol–water partition coefficient (Wildman–Crippen LogP) is 2.89. The first kappa shape index (κ1) is 19.5. The number of halogens is 2. The number of nitrogens with zero attached hydrogens (tertiary/aromatic N) is 1. The maximum Gasteiger partial charge on any atom is 0.387 e. The van der Waals surface area contributed by atoms with Gasteiger partial charge in [-0.3, -0.25) is 4.99 Å². The van der Waals surface area contributed by atoms with Gasteiger partial charge in [0.1, 0.15) is 11.5 Å². The summed E-state index contributed by atoms with van der Waals surface area (Å²) in [5.74, 6) is 2.54. The van der Waals surface area contributed by atoms with Crippen LogP contribution in [0.2, 0.25) is 0 Å². The van der Waals surface area contributed by atoms with Crippen LogP contribution in [0.15, 0.2) is 41.4 Å². The summed E-state index contributed by atoms with van der Waals surface area (Å²) in [5, 5.41) is 6.23. The second-order valence-electron chi connectivity index (χ2n) is 5.82. The topological polar surface area (TPSA) is 73.3 Å². The highest BCUT2D eigenvalue weighted by Gasteiger charge is 2.14. The molecule has 3 rings (SSSR count). The van der Waals surface area contributed by atoms with Crippen LogP contribution < -0.4 is 29.6 Å². The molecule has 0 fully saturated rings. The number of hydrogen-bond acceptors (Lipinski definition) is 5. The number of fused-ring (bicyclic) bond motifs is 1. The Labute approximate surface area is 161 Å². The SMILES string of the molecule is CN=C(NCc1ccc2c(c1)OCO2)NCc1cc(OC)ccc1OC(F)F. The summed E-state index contributed by atoms with van der Waals surface area (Å²) in [4.78, 5) is 4.14. The third-order valence-corrected chi connectivity index (χ3v) is 4.05. The number of benzene rings is 2. The smallest absolute Gasteiger partial charge is 0.387 e. The molecule has 1 aliphatic heterocycles. The van der Waals surface area contributed by atoms with Crippen molar-refractivity contribution in [3.05, 3.63) is 47.5 Å². The number of alkyl halides is 2. The van der Waals surface area contributed by atoms with E-state index in [0.717, 1.165) is 11.3 Å². The number of aliphatic imine (C=N–C) groups is 1. The van der Waals surface area contributed by atoms with Crippen molar-refractivity contribution in [1.29, 1.82) is 0 Å². The van der Waals surface area contributed by atoms with E-state index in [9.17, 15) is 8.78 Å². The van der Waals surface area contributed by atoms with Crippen molar-refractivity contribution in [2.24, 2.45) is 4.99 Å². The lowest BCUT2D eigenvalue weighted by molar-refractivity contribution is -0.0505. The Morgan fingerprint density at radius 2 is 1.89 bits per heavy atom. The van der Waals surface area contributed by atoms with Gasteiger partial charge in [0.05, 0.1) is 7.11 Å². The first-order chi connectivity index (χ1) is 13.6. The molecular formula is C19H21F2N3O4. The minimum absolute atomic E-state index is 0.0783. The molecule has 0 saturated carbocycles. The molecule has 0 radical (unpaired) electrons. The third kappa shape index (κ3) is 4.93. The van der Waals surface area contributed by atoms with Gasteiger partial charge in [-0.05, 0) is 35.9 Å². The van der Waals surface area contributed by atoms with Crippen molar-refractivity contribution >= 4 is 5.96 Å². The third-order valence-electron chi connectivity index (χ3n) is 4.05. The highest BCUT2D eigenvalue weighted by Crippen LogP contribution is 2.32. The van der Waals surface area contributed by atoms with Crippen molar-refractivity contribution in [2.45, 2.75) is 19.7 Å². The first-order valence-corrected chi connectivity index (χ1v) is 8.54. The van der Waals surface area contributed by atoms with Crippen molar-refractivity contribution in [3.8, 4) is 23.0 Å². The molecule has 0 aliphatic carbocycles.